The number of amides is 1. The second-order valence-electron chi connectivity index (χ2n) is 7.13. The van der Waals surface area contributed by atoms with Gasteiger partial charge in [-0.15, -0.1) is 0 Å². The van der Waals surface area contributed by atoms with Gasteiger partial charge in [-0.05, 0) is 50.1 Å². The van der Waals surface area contributed by atoms with E-state index in [2.05, 4.69) is 22.3 Å². The Morgan fingerprint density at radius 2 is 1.85 bits per heavy atom. The van der Waals surface area contributed by atoms with Crippen LogP contribution < -0.4 is 15.1 Å². The maximum absolute atomic E-state index is 12.7. The van der Waals surface area contributed by atoms with Crippen molar-refractivity contribution in [1.82, 2.24) is 0 Å². The van der Waals surface area contributed by atoms with E-state index in [4.69, 9.17) is 11.6 Å². The van der Waals surface area contributed by atoms with Crippen LogP contribution in [-0.4, -0.2) is 38.1 Å². The maximum atomic E-state index is 12.7. The Labute approximate surface area is 160 Å². The van der Waals surface area contributed by atoms with E-state index in [-0.39, 0.29) is 11.9 Å². The Balaban J connectivity index is 1.59. The van der Waals surface area contributed by atoms with Crippen molar-refractivity contribution in [3.63, 3.8) is 0 Å². The van der Waals surface area contributed by atoms with Crippen molar-refractivity contribution in [1.29, 1.82) is 0 Å². The number of nitrogens with zero attached hydrogens (tertiary/aromatic N) is 1. The fourth-order valence-electron chi connectivity index (χ4n) is 3.47. The number of hydrogen-bond acceptors (Lipinski definition) is 2. The summed E-state index contributed by atoms with van der Waals surface area (Å²) in [5.41, 5.74) is 4.24. The number of carbonyl (C=O) groups excluding carboxylic acids is 1. The topological polar surface area (TPSA) is 36.8 Å². The third-order valence-corrected chi connectivity index (χ3v) is 5.58. The lowest BCUT2D eigenvalue weighted by atomic mass is 10.1. The van der Waals surface area contributed by atoms with E-state index in [0.717, 1.165) is 53.7 Å². The monoisotopic (exact) mass is 372 g/mol. The number of halogens is 1. The molecule has 1 aliphatic heterocycles. The number of piperazine rings is 1. The van der Waals surface area contributed by atoms with E-state index in [9.17, 15) is 4.79 Å². The van der Waals surface area contributed by atoms with Gasteiger partial charge in [0, 0.05) is 5.69 Å². The number of rotatable bonds is 4. The maximum Gasteiger partial charge on any atom is 0.282 e. The Morgan fingerprint density at radius 1 is 1.15 bits per heavy atom. The quantitative estimate of drug-likeness (QED) is 0.865. The van der Waals surface area contributed by atoms with Gasteiger partial charge in [-0.25, -0.2) is 0 Å². The summed E-state index contributed by atoms with van der Waals surface area (Å²) in [4.78, 5) is 16.3. The van der Waals surface area contributed by atoms with Gasteiger partial charge in [0.1, 0.15) is 0 Å². The molecule has 2 aromatic rings. The lowest BCUT2D eigenvalue weighted by Gasteiger charge is -2.36. The zero-order valence-electron chi connectivity index (χ0n) is 15.7. The molecule has 0 saturated carbocycles. The molecule has 3 rings (SSSR count). The van der Waals surface area contributed by atoms with E-state index < -0.39 is 0 Å². The van der Waals surface area contributed by atoms with Gasteiger partial charge in [-0.2, -0.15) is 0 Å². The molecule has 1 aliphatic rings. The van der Waals surface area contributed by atoms with E-state index in [1.165, 1.54) is 4.90 Å². The molecule has 4 nitrogen and oxygen atoms in total. The Kier molecular flexibility index (Phi) is 5.84. The molecule has 2 N–H and O–H groups in total. The van der Waals surface area contributed by atoms with E-state index >= 15 is 0 Å². The largest absolute Gasteiger partial charge is 0.359 e. The standard InChI is InChI=1S/C21H26ClN3O/c1-15-8-9-16(2)19(14-15)23-21(26)17(3)24-10-12-25(13-11-24)20-7-5-4-6-18(20)22/h4-9,14,17H,10-13H2,1-3H3,(H,23,26)/p+1/t17-/m0/s1. The molecule has 0 radical (unpaired) electrons. The normalized spacial score (nSPS) is 16.4. The predicted octanol–water partition coefficient (Wildman–Crippen LogP) is 2.69. The minimum atomic E-state index is -0.0803. The first-order valence-electron chi connectivity index (χ1n) is 9.18. The van der Waals surface area contributed by atoms with Crippen LogP contribution in [-0.2, 0) is 4.79 Å². The number of hydrogen-bond donors (Lipinski definition) is 2. The first-order chi connectivity index (χ1) is 12.5. The highest BCUT2D eigenvalue weighted by atomic mass is 35.5. The second kappa shape index (κ2) is 8.11. The number of benzene rings is 2. The Hall–Kier alpha value is -2.04. The molecule has 2 aromatic carbocycles. The van der Waals surface area contributed by atoms with Crippen molar-refractivity contribution in [3.05, 3.63) is 58.6 Å². The molecule has 26 heavy (non-hydrogen) atoms. The van der Waals surface area contributed by atoms with Gasteiger partial charge in [-0.1, -0.05) is 35.9 Å². The van der Waals surface area contributed by atoms with Crippen LogP contribution in [0.25, 0.3) is 0 Å². The third kappa shape index (κ3) is 4.19. The average Bonchev–Trinajstić information content (AvgIpc) is 2.64. The van der Waals surface area contributed by atoms with Crippen LogP contribution in [0, 0.1) is 13.8 Å². The van der Waals surface area contributed by atoms with Crippen LogP contribution >= 0.6 is 11.6 Å². The minimum Gasteiger partial charge on any atom is -0.359 e. The van der Waals surface area contributed by atoms with Crippen LogP contribution in [0.4, 0.5) is 11.4 Å². The van der Waals surface area contributed by atoms with Crippen LogP contribution in [0.5, 0.6) is 0 Å². The van der Waals surface area contributed by atoms with Crippen molar-refractivity contribution in [3.8, 4) is 0 Å². The molecular weight excluding hydrogens is 346 g/mol. The van der Waals surface area contributed by atoms with Crippen LogP contribution in [0.15, 0.2) is 42.5 Å². The summed E-state index contributed by atoms with van der Waals surface area (Å²) in [7, 11) is 0. The lowest BCUT2D eigenvalue weighted by Crippen LogP contribution is -3.19. The highest BCUT2D eigenvalue weighted by Crippen LogP contribution is 2.24. The first kappa shape index (κ1) is 18.7. The first-order valence-corrected chi connectivity index (χ1v) is 9.55. The van der Waals surface area contributed by atoms with Crippen molar-refractivity contribution in [2.45, 2.75) is 26.8 Å². The summed E-state index contributed by atoms with van der Waals surface area (Å²) < 4.78 is 0. The number of anilines is 2. The molecule has 138 valence electrons. The Bertz CT molecular complexity index is 785. The van der Waals surface area contributed by atoms with Gasteiger partial charge in [0.2, 0.25) is 0 Å². The summed E-state index contributed by atoms with van der Waals surface area (Å²) in [5.74, 6) is 0.0832. The molecular formula is C21H27ClN3O+. The van der Waals surface area contributed by atoms with E-state index in [0.29, 0.717) is 0 Å². The number of quaternary nitrogens is 1. The number of para-hydroxylation sites is 1. The molecule has 0 unspecified atom stereocenters. The fraction of sp³-hybridized carbons (Fsp3) is 0.381. The number of nitrogens with one attached hydrogen (secondary N) is 2. The van der Waals surface area contributed by atoms with E-state index in [1.807, 2.05) is 51.1 Å². The fourth-order valence-corrected chi connectivity index (χ4v) is 3.73. The SMILES string of the molecule is Cc1ccc(C)c(NC(=O)[C@H](C)[NH+]2CCN(c3ccccc3Cl)CC2)c1. The van der Waals surface area contributed by atoms with Gasteiger partial charge >= 0.3 is 0 Å². The number of aryl methyl sites for hydroxylation is 2. The second-order valence-corrected chi connectivity index (χ2v) is 7.53. The number of carbonyl (C=O) groups is 1. The molecule has 1 saturated heterocycles. The summed E-state index contributed by atoms with van der Waals surface area (Å²) in [6.07, 6.45) is 0. The van der Waals surface area contributed by atoms with Crippen molar-refractivity contribution in [2.75, 3.05) is 36.4 Å². The third-order valence-electron chi connectivity index (χ3n) is 5.26. The summed E-state index contributed by atoms with van der Waals surface area (Å²) >= 11 is 6.31. The van der Waals surface area contributed by atoms with Gasteiger partial charge in [0.25, 0.3) is 5.91 Å². The summed E-state index contributed by atoms with van der Waals surface area (Å²) in [6.45, 7) is 9.73. The van der Waals surface area contributed by atoms with Gasteiger partial charge in [0.05, 0.1) is 36.9 Å². The Morgan fingerprint density at radius 3 is 2.54 bits per heavy atom. The summed E-state index contributed by atoms with van der Waals surface area (Å²) in [6, 6.07) is 14.0. The zero-order valence-corrected chi connectivity index (χ0v) is 16.4. The lowest BCUT2D eigenvalue weighted by molar-refractivity contribution is -0.914. The van der Waals surface area contributed by atoms with Gasteiger partial charge in [0.15, 0.2) is 6.04 Å². The highest BCUT2D eigenvalue weighted by Gasteiger charge is 2.29. The van der Waals surface area contributed by atoms with E-state index in [1.54, 1.807) is 0 Å². The molecule has 1 atom stereocenters. The molecule has 0 spiro atoms. The van der Waals surface area contributed by atoms with Crippen molar-refractivity contribution < 1.29 is 9.69 Å². The van der Waals surface area contributed by atoms with Crippen LogP contribution in [0.2, 0.25) is 5.02 Å². The van der Waals surface area contributed by atoms with Gasteiger partial charge < -0.3 is 15.1 Å². The molecule has 1 amide bonds. The molecule has 0 aliphatic carbocycles. The average molecular weight is 373 g/mol. The molecule has 1 heterocycles. The summed E-state index contributed by atoms with van der Waals surface area (Å²) in [5, 5.41) is 3.89. The van der Waals surface area contributed by atoms with Gasteiger partial charge in [-0.3, -0.25) is 4.79 Å². The van der Waals surface area contributed by atoms with Crippen molar-refractivity contribution in [2.24, 2.45) is 0 Å². The molecule has 0 bridgehead atoms. The van der Waals surface area contributed by atoms with Crippen LogP contribution in [0.1, 0.15) is 18.1 Å². The highest BCUT2D eigenvalue weighted by molar-refractivity contribution is 6.33. The van der Waals surface area contributed by atoms with Crippen molar-refractivity contribution >= 4 is 28.9 Å². The molecule has 1 fully saturated rings. The molecule has 0 aromatic heterocycles. The predicted molar refractivity (Wildman–Crippen MR) is 108 cm³/mol. The molecule has 5 heteroatoms. The zero-order chi connectivity index (χ0) is 18.7. The van der Waals surface area contributed by atoms with Crippen LogP contribution in [0.3, 0.4) is 0 Å². The minimum absolute atomic E-state index is 0.0803. The smallest absolute Gasteiger partial charge is 0.282 e.